The average molecular weight is 286 g/mol. The molecule has 2 nitrogen and oxygen atoms in total. The van der Waals surface area contributed by atoms with Gasteiger partial charge in [0.2, 0.25) is 0 Å². The van der Waals surface area contributed by atoms with Gasteiger partial charge >= 0.3 is 5.97 Å². The van der Waals surface area contributed by atoms with Crippen LogP contribution < -0.4 is 0 Å². The van der Waals surface area contributed by atoms with E-state index in [2.05, 4.69) is 36.8 Å². The topological polar surface area (TPSA) is 26.3 Å². The smallest absolute Gasteiger partial charge is 0.337 e. The summed E-state index contributed by atoms with van der Waals surface area (Å²) >= 11 is 1.81. The molecule has 0 radical (unpaired) electrons. The monoisotopic (exact) mass is 286 g/mol. The van der Waals surface area contributed by atoms with Crippen LogP contribution in [0.25, 0.3) is 0 Å². The molecule has 104 valence electrons. The molecule has 0 aliphatic carbocycles. The number of hydrogen-bond donors (Lipinski definition) is 0. The zero-order valence-corrected chi connectivity index (χ0v) is 12.8. The van der Waals surface area contributed by atoms with E-state index < -0.39 is 0 Å². The molecule has 0 aromatic heterocycles. The molecule has 0 amide bonds. The van der Waals surface area contributed by atoms with Gasteiger partial charge < -0.3 is 4.74 Å². The van der Waals surface area contributed by atoms with Crippen molar-refractivity contribution in [2.24, 2.45) is 0 Å². The van der Waals surface area contributed by atoms with Gasteiger partial charge in [0.25, 0.3) is 0 Å². The molecule has 20 heavy (non-hydrogen) atoms. The molecule has 2 aromatic carbocycles. The Balaban J connectivity index is 2.02. The third-order valence-electron chi connectivity index (χ3n) is 3.10. The van der Waals surface area contributed by atoms with Crippen LogP contribution in [0.3, 0.4) is 0 Å². The van der Waals surface area contributed by atoms with E-state index in [9.17, 15) is 4.79 Å². The van der Waals surface area contributed by atoms with Crippen LogP contribution in [-0.4, -0.2) is 13.1 Å². The van der Waals surface area contributed by atoms with Crippen LogP contribution in [-0.2, 0) is 10.5 Å². The molecule has 0 saturated carbocycles. The lowest BCUT2D eigenvalue weighted by Crippen LogP contribution is -2.00. The van der Waals surface area contributed by atoms with E-state index in [1.165, 1.54) is 28.7 Å². The molecule has 0 heterocycles. The Morgan fingerprint density at radius 1 is 1.10 bits per heavy atom. The highest BCUT2D eigenvalue weighted by molar-refractivity contribution is 7.98. The van der Waals surface area contributed by atoms with Gasteiger partial charge in [0.15, 0.2) is 0 Å². The quantitative estimate of drug-likeness (QED) is 0.616. The number of thioether (sulfide) groups is 1. The predicted molar refractivity (Wildman–Crippen MR) is 83.3 cm³/mol. The number of hydrogen-bond acceptors (Lipinski definition) is 3. The second-order valence-corrected chi connectivity index (χ2v) is 5.76. The van der Waals surface area contributed by atoms with E-state index in [-0.39, 0.29) is 5.97 Å². The summed E-state index contributed by atoms with van der Waals surface area (Å²) in [5, 5.41) is 0. The number of aryl methyl sites for hydroxylation is 2. The van der Waals surface area contributed by atoms with E-state index in [4.69, 9.17) is 0 Å². The van der Waals surface area contributed by atoms with E-state index in [0.717, 1.165) is 5.75 Å². The highest BCUT2D eigenvalue weighted by Crippen LogP contribution is 2.26. The fraction of sp³-hybridized carbons (Fsp3) is 0.235. The fourth-order valence-corrected chi connectivity index (χ4v) is 2.94. The molecule has 3 heteroatoms. The second kappa shape index (κ2) is 6.62. The molecule has 0 atom stereocenters. The Bertz CT molecular complexity index is 603. The van der Waals surface area contributed by atoms with Crippen molar-refractivity contribution in [3.05, 3.63) is 64.7 Å². The number of esters is 1. The highest BCUT2D eigenvalue weighted by Gasteiger charge is 2.05. The van der Waals surface area contributed by atoms with Gasteiger partial charge in [-0.1, -0.05) is 29.8 Å². The summed E-state index contributed by atoms with van der Waals surface area (Å²) in [6, 6.07) is 14.1. The second-order valence-electron chi connectivity index (χ2n) is 4.75. The number of rotatable bonds is 4. The first kappa shape index (κ1) is 14.7. The Labute approximate surface area is 124 Å². The number of carbonyl (C=O) groups excluding carboxylic acids is 1. The molecule has 2 aromatic rings. The number of ether oxygens (including phenoxy) is 1. The number of carbonyl (C=O) groups is 1. The van der Waals surface area contributed by atoms with Gasteiger partial charge in [-0.25, -0.2) is 4.79 Å². The Hall–Kier alpha value is -1.74. The summed E-state index contributed by atoms with van der Waals surface area (Å²) in [5.41, 5.74) is 4.38. The van der Waals surface area contributed by atoms with Gasteiger partial charge in [0.1, 0.15) is 0 Å². The summed E-state index contributed by atoms with van der Waals surface area (Å²) in [4.78, 5) is 12.7. The summed E-state index contributed by atoms with van der Waals surface area (Å²) < 4.78 is 4.69. The van der Waals surface area contributed by atoms with Gasteiger partial charge in [-0.2, -0.15) is 0 Å². The molecular formula is C17H18O2S. The molecule has 0 saturated heterocycles. The van der Waals surface area contributed by atoms with E-state index in [0.29, 0.717) is 5.56 Å². The van der Waals surface area contributed by atoms with Crippen LogP contribution in [0.15, 0.2) is 47.4 Å². The van der Waals surface area contributed by atoms with Gasteiger partial charge in [0.05, 0.1) is 12.7 Å². The van der Waals surface area contributed by atoms with Crippen molar-refractivity contribution in [3.8, 4) is 0 Å². The minimum atomic E-state index is -0.293. The van der Waals surface area contributed by atoms with Crippen molar-refractivity contribution >= 4 is 17.7 Å². The minimum Gasteiger partial charge on any atom is -0.465 e. The van der Waals surface area contributed by atoms with E-state index in [1.54, 1.807) is 0 Å². The first-order chi connectivity index (χ1) is 9.60. The standard InChI is InChI=1S/C17H18O2S/c1-12-4-9-16(13(2)10-12)20-11-14-5-7-15(8-6-14)17(18)19-3/h4-10H,11H2,1-3H3. The van der Waals surface area contributed by atoms with Crippen LogP contribution in [0, 0.1) is 13.8 Å². The Kier molecular flexibility index (Phi) is 4.85. The van der Waals surface area contributed by atoms with Crippen LogP contribution in [0.2, 0.25) is 0 Å². The van der Waals surface area contributed by atoms with E-state index in [1.807, 2.05) is 36.0 Å². The molecule has 0 bridgehead atoms. The van der Waals surface area contributed by atoms with Gasteiger partial charge in [-0.05, 0) is 43.2 Å². The maximum atomic E-state index is 11.4. The lowest BCUT2D eigenvalue weighted by Gasteiger charge is -2.07. The molecule has 0 aliphatic rings. The van der Waals surface area contributed by atoms with Gasteiger partial charge in [-0.15, -0.1) is 11.8 Å². The summed E-state index contributed by atoms with van der Waals surface area (Å²) in [6.45, 7) is 4.24. The Morgan fingerprint density at radius 3 is 2.40 bits per heavy atom. The molecule has 0 unspecified atom stereocenters. The van der Waals surface area contributed by atoms with E-state index >= 15 is 0 Å². The molecular weight excluding hydrogens is 268 g/mol. The molecule has 0 N–H and O–H groups in total. The normalized spacial score (nSPS) is 10.3. The SMILES string of the molecule is COC(=O)c1ccc(CSc2ccc(C)cc2C)cc1. The van der Waals surface area contributed by atoms with Crippen LogP contribution in [0.4, 0.5) is 0 Å². The Morgan fingerprint density at radius 2 is 1.80 bits per heavy atom. The van der Waals surface area contributed by atoms with Crippen LogP contribution in [0.5, 0.6) is 0 Å². The average Bonchev–Trinajstić information content (AvgIpc) is 2.46. The first-order valence-electron chi connectivity index (χ1n) is 6.47. The largest absolute Gasteiger partial charge is 0.465 e. The lowest BCUT2D eigenvalue weighted by molar-refractivity contribution is 0.0600. The number of methoxy groups -OCH3 is 1. The van der Waals surface area contributed by atoms with Crippen molar-refractivity contribution in [2.45, 2.75) is 24.5 Å². The van der Waals surface area contributed by atoms with Crippen molar-refractivity contribution in [1.29, 1.82) is 0 Å². The lowest BCUT2D eigenvalue weighted by atomic mass is 10.1. The van der Waals surface area contributed by atoms with Crippen LogP contribution >= 0.6 is 11.8 Å². The van der Waals surface area contributed by atoms with Gasteiger partial charge in [0, 0.05) is 10.6 Å². The van der Waals surface area contributed by atoms with Gasteiger partial charge in [-0.3, -0.25) is 0 Å². The molecule has 0 aliphatic heterocycles. The third kappa shape index (κ3) is 3.64. The minimum absolute atomic E-state index is 0.293. The van der Waals surface area contributed by atoms with Crippen molar-refractivity contribution < 1.29 is 9.53 Å². The zero-order chi connectivity index (χ0) is 14.5. The van der Waals surface area contributed by atoms with Crippen LogP contribution in [0.1, 0.15) is 27.0 Å². The number of benzene rings is 2. The fourth-order valence-electron chi connectivity index (χ4n) is 1.98. The van der Waals surface area contributed by atoms with Crippen molar-refractivity contribution in [2.75, 3.05) is 7.11 Å². The molecule has 2 rings (SSSR count). The first-order valence-corrected chi connectivity index (χ1v) is 7.46. The molecule has 0 fully saturated rings. The predicted octanol–water partition coefficient (Wildman–Crippen LogP) is 4.38. The maximum Gasteiger partial charge on any atom is 0.337 e. The van der Waals surface area contributed by atoms with Crippen molar-refractivity contribution in [3.63, 3.8) is 0 Å². The molecule has 0 spiro atoms. The highest BCUT2D eigenvalue weighted by atomic mass is 32.2. The van der Waals surface area contributed by atoms with Crippen molar-refractivity contribution in [1.82, 2.24) is 0 Å². The summed E-state index contributed by atoms with van der Waals surface area (Å²) in [5.74, 6) is 0.601. The third-order valence-corrected chi connectivity index (χ3v) is 4.35. The summed E-state index contributed by atoms with van der Waals surface area (Å²) in [7, 11) is 1.40. The summed E-state index contributed by atoms with van der Waals surface area (Å²) in [6.07, 6.45) is 0. The maximum absolute atomic E-state index is 11.4. The zero-order valence-electron chi connectivity index (χ0n) is 12.0.